The van der Waals surface area contributed by atoms with E-state index in [0.717, 1.165) is 24.6 Å². The van der Waals surface area contributed by atoms with Crippen LogP contribution < -0.4 is 18.9 Å². The van der Waals surface area contributed by atoms with Gasteiger partial charge in [-0.25, -0.2) is 23.5 Å². The molecule has 2 aromatic heterocycles. The number of nitrogens with zero attached hydrogens (tertiary/aromatic N) is 3. The number of carboxylic acids is 1. The van der Waals surface area contributed by atoms with E-state index < -0.39 is 35.2 Å². The van der Waals surface area contributed by atoms with E-state index in [2.05, 4.69) is 4.98 Å². The summed E-state index contributed by atoms with van der Waals surface area (Å²) in [4.78, 5) is 21.0. The van der Waals surface area contributed by atoms with Crippen molar-refractivity contribution >= 4 is 17.0 Å². The van der Waals surface area contributed by atoms with Crippen molar-refractivity contribution in [2.24, 2.45) is 0 Å². The van der Waals surface area contributed by atoms with Crippen LogP contribution in [0.2, 0.25) is 0 Å². The van der Waals surface area contributed by atoms with Crippen LogP contribution in [0.3, 0.4) is 0 Å². The van der Waals surface area contributed by atoms with Crippen molar-refractivity contribution < 1.29 is 55.5 Å². The van der Waals surface area contributed by atoms with Crippen LogP contribution in [0, 0.1) is 11.6 Å². The van der Waals surface area contributed by atoms with Crippen molar-refractivity contribution in [3.63, 3.8) is 0 Å². The van der Waals surface area contributed by atoms with Gasteiger partial charge >= 0.3 is 12.1 Å². The molecule has 2 aliphatic heterocycles. The fraction of sp³-hybridized carbons (Fsp3) is 0.306. The van der Waals surface area contributed by atoms with Crippen molar-refractivity contribution in [2.75, 3.05) is 27.4 Å². The molecule has 15 heteroatoms. The largest absolute Gasteiger partial charge is 0.496 e. The zero-order chi connectivity index (χ0) is 36.0. The molecule has 7 rings (SSSR count). The number of imidazole rings is 1. The first-order valence-corrected chi connectivity index (χ1v) is 15.9. The number of carbonyl (C=O) groups is 1. The number of rotatable bonds is 11. The second-order valence-corrected chi connectivity index (χ2v) is 12.0. The van der Waals surface area contributed by atoms with Crippen molar-refractivity contribution in [2.45, 2.75) is 44.7 Å². The molecule has 266 valence electrons. The lowest BCUT2D eigenvalue weighted by Gasteiger charge is -2.27. The summed E-state index contributed by atoms with van der Waals surface area (Å²) >= 11 is 0. The molecule has 0 spiro atoms. The lowest BCUT2D eigenvalue weighted by Crippen LogP contribution is -2.31. The normalized spacial score (nSPS) is 15.3. The van der Waals surface area contributed by atoms with Gasteiger partial charge in [-0.1, -0.05) is 6.07 Å². The highest BCUT2D eigenvalue weighted by molar-refractivity contribution is 5.95. The van der Waals surface area contributed by atoms with E-state index in [-0.39, 0.29) is 59.6 Å². The number of hydrogen-bond donors (Lipinski definition) is 1. The maximum atomic E-state index is 16.2. The zero-order valence-corrected chi connectivity index (χ0v) is 27.3. The predicted molar refractivity (Wildman–Crippen MR) is 172 cm³/mol. The van der Waals surface area contributed by atoms with Crippen molar-refractivity contribution in [3.8, 4) is 34.4 Å². The van der Waals surface area contributed by atoms with E-state index in [1.54, 1.807) is 0 Å². The molecular weight excluding hydrogens is 681 g/mol. The highest BCUT2D eigenvalue weighted by Gasteiger charge is 2.32. The van der Waals surface area contributed by atoms with Gasteiger partial charge in [-0.3, -0.25) is 0 Å². The Morgan fingerprint density at radius 1 is 1.00 bits per heavy atom. The fourth-order valence-corrected chi connectivity index (χ4v) is 6.30. The first-order chi connectivity index (χ1) is 24.4. The van der Waals surface area contributed by atoms with Crippen LogP contribution in [0.5, 0.6) is 23.1 Å². The average molecular weight is 712 g/mol. The average Bonchev–Trinajstić information content (AvgIpc) is 3.71. The van der Waals surface area contributed by atoms with E-state index in [0.29, 0.717) is 53.3 Å². The highest BCUT2D eigenvalue weighted by atomic mass is 19.4. The minimum Gasteiger partial charge on any atom is -0.496 e. The Morgan fingerprint density at radius 2 is 1.78 bits per heavy atom. The number of aromatic nitrogens is 3. The third-order valence-electron chi connectivity index (χ3n) is 8.99. The summed E-state index contributed by atoms with van der Waals surface area (Å²) in [5.74, 6) is -2.02. The maximum absolute atomic E-state index is 16.2. The van der Waals surface area contributed by atoms with Gasteiger partial charge in [0.2, 0.25) is 0 Å². The minimum atomic E-state index is -4.58. The van der Waals surface area contributed by atoms with Crippen LogP contribution in [0.15, 0.2) is 48.5 Å². The summed E-state index contributed by atoms with van der Waals surface area (Å²) in [6.07, 6.45) is -3.50. The van der Waals surface area contributed by atoms with Gasteiger partial charge in [-0.15, -0.1) is 0 Å². The molecule has 1 fully saturated rings. The predicted octanol–water partition coefficient (Wildman–Crippen LogP) is 7.00. The van der Waals surface area contributed by atoms with Gasteiger partial charge in [0.25, 0.3) is 5.88 Å². The molecule has 0 aliphatic carbocycles. The van der Waals surface area contributed by atoms with Gasteiger partial charge < -0.3 is 33.4 Å². The fourth-order valence-electron chi connectivity index (χ4n) is 6.30. The van der Waals surface area contributed by atoms with Gasteiger partial charge in [-0.05, 0) is 48.9 Å². The number of fused-ring (bicyclic) bond motifs is 2. The van der Waals surface area contributed by atoms with Crippen LogP contribution in [0.1, 0.15) is 44.9 Å². The molecule has 3 aromatic carbocycles. The molecule has 0 unspecified atom stereocenters. The Morgan fingerprint density at radius 3 is 2.47 bits per heavy atom. The number of benzene rings is 3. The summed E-state index contributed by atoms with van der Waals surface area (Å²) in [6.45, 7) is 0.864. The lowest BCUT2D eigenvalue weighted by molar-refractivity contribution is -0.137. The lowest BCUT2D eigenvalue weighted by atomic mass is 9.96. The Balaban J connectivity index is 1.22. The monoisotopic (exact) mass is 711 g/mol. The molecule has 5 aromatic rings. The SMILES string of the molecule is COc1cc(C(F)(F)F)ccc1COc1nc(-c2cc(F)c(Cc3nc4c(OC)cc(C(=O)O)cc4n3C[C@@H]3CCO3)c3c2OCC3)ccc1F. The van der Waals surface area contributed by atoms with E-state index in [1.165, 1.54) is 44.6 Å². The Kier molecular flexibility index (Phi) is 8.91. The molecule has 0 saturated carbocycles. The quantitative estimate of drug-likeness (QED) is 0.145. The Hall–Kier alpha value is -5.44. The third-order valence-corrected chi connectivity index (χ3v) is 8.99. The van der Waals surface area contributed by atoms with Crippen LogP contribution in [0.4, 0.5) is 22.0 Å². The second kappa shape index (κ2) is 13.4. The zero-order valence-electron chi connectivity index (χ0n) is 27.3. The Labute approximate surface area is 287 Å². The summed E-state index contributed by atoms with van der Waals surface area (Å²) in [6, 6.07) is 9.45. The highest BCUT2D eigenvalue weighted by Crippen LogP contribution is 2.42. The molecule has 1 saturated heterocycles. The third kappa shape index (κ3) is 6.49. The summed E-state index contributed by atoms with van der Waals surface area (Å²) in [5.41, 5.74) is 1.57. The molecule has 10 nitrogen and oxygen atoms in total. The number of aromatic carboxylic acids is 1. The number of alkyl halides is 3. The van der Waals surface area contributed by atoms with E-state index in [9.17, 15) is 27.5 Å². The smallest absolute Gasteiger partial charge is 0.416 e. The van der Waals surface area contributed by atoms with Crippen molar-refractivity contribution in [3.05, 3.63) is 93.8 Å². The molecular formula is C36H30F5N3O7. The summed E-state index contributed by atoms with van der Waals surface area (Å²) < 4.78 is 100. The molecule has 4 heterocycles. The van der Waals surface area contributed by atoms with Gasteiger partial charge in [0, 0.05) is 41.7 Å². The van der Waals surface area contributed by atoms with E-state index >= 15 is 4.39 Å². The van der Waals surface area contributed by atoms with Crippen molar-refractivity contribution in [1.29, 1.82) is 0 Å². The number of methoxy groups -OCH3 is 2. The molecule has 51 heavy (non-hydrogen) atoms. The van der Waals surface area contributed by atoms with Crippen LogP contribution in [0.25, 0.3) is 22.3 Å². The molecule has 1 N–H and O–H groups in total. The van der Waals surface area contributed by atoms with E-state index in [1.807, 2.05) is 4.57 Å². The van der Waals surface area contributed by atoms with Gasteiger partial charge in [0.15, 0.2) is 5.82 Å². The minimum absolute atomic E-state index is 0.0139. The standard InChI is InChI=1S/C36H30F5N3O7/c1-47-29-13-20(36(39,40)41)4-3-18(29)17-51-34-25(37)5-6-27(42-34)24-14-26(38)23(22-8-10-50-33(22)24)15-31-43-32-28(44(31)16-21-7-9-49-21)11-19(35(45)46)12-30(32)48-2/h3-6,11-14,21H,7-10,15-17H2,1-2H3,(H,45,46)/t21-/m0/s1. The molecule has 1 atom stereocenters. The number of ether oxygens (including phenoxy) is 5. The number of halogens is 5. The topological polar surface area (TPSA) is 114 Å². The van der Waals surface area contributed by atoms with Gasteiger partial charge in [0.05, 0.1) is 55.8 Å². The first kappa shape index (κ1) is 34.0. The molecule has 0 radical (unpaired) electrons. The maximum Gasteiger partial charge on any atom is 0.416 e. The van der Waals surface area contributed by atoms with Crippen LogP contribution in [-0.2, 0) is 36.9 Å². The number of hydrogen-bond acceptors (Lipinski definition) is 8. The number of pyridine rings is 1. The van der Waals surface area contributed by atoms with Gasteiger partial charge in [0.1, 0.15) is 41.0 Å². The summed E-state index contributed by atoms with van der Waals surface area (Å²) in [5, 5.41) is 9.72. The molecule has 0 amide bonds. The van der Waals surface area contributed by atoms with Gasteiger partial charge in [-0.2, -0.15) is 13.2 Å². The summed E-state index contributed by atoms with van der Waals surface area (Å²) in [7, 11) is 2.63. The Bertz CT molecular complexity index is 2160. The number of carboxylic acid groups (broad SMARTS) is 1. The van der Waals surface area contributed by atoms with Crippen LogP contribution in [-0.4, -0.2) is 59.1 Å². The molecule has 2 aliphatic rings. The van der Waals surface area contributed by atoms with E-state index in [4.69, 9.17) is 28.7 Å². The van der Waals surface area contributed by atoms with Crippen molar-refractivity contribution in [1.82, 2.24) is 14.5 Å². The molecule has 0 bridgehead atoms. The first-order valence-electron chi connectivity index (χ1n) is 15.9. The van der Waals surface area contributed by atoms with Crippen LogP contribution >= 0.6 is 0 Å². The second-order valence-electron chi connectivity index (χ2n) is 12.0.